The fourth-order valence-electron chi connectivity index (χ4n) is 2.58. The molecule has 0 N–H and O–H groups in total. The molecule has 3 heteroatoms. The van der Waals surface area contributed by atoms with Gasteiger partial charge in [0.25, 0.3) is 0 Å². The maximum absolute atomic E-state index is 11.6. The maximum Gasteiger partial charge on any atom is 0.349 e. The molecule has 1 unspecified atom stereocenters. The van der Waals surface area contributed by atoms with E-state index in [0.29, 0.717) is 5.92 Å². The monoisotopic (exact) mass is 268 g/mol. The summed E-state index contributed by atoms with van der Waals surface area (Å²) in [7, 11) is 1.39. The van der Waals surface area contributed by atoms with Gasteiger partial charge in [-0.25, -0.2) is 4.79 Å². The largest absolute Gasteiger partial charge is 0.484 e. The molecule has 1 saturated carbocycles. The zero-order chi connectivity index (χ0) is 14.3. The fourth-order valence-corrected chi connectivity index (χ4v) is 2.58. The maximum atomic E-state index is 11.6. The number of rotatable bonds is 7. The van der Waals surface area contributed by atoms with Gasteiger partial charge in [0.05, 0.1) is 13.4 Å². The van der Waals surface area contributed by atoms with E-state index in [0.717, 1.165) is 6.42 Å². The first-order valence-corrected chi connectivity index (χ1v) is 7.46. The number of allylic oxidation sites excluding steroid dienone is 1. The fraction of sp³-hybridized carbons (Fsp3) is 0.812. The van der Waals surface area contributed by atoms with Crippen LogP contribution in [0.5, 0.6) is 0 Å². The summed E-state index contributed by atoms with van der Waals surface area (Å²) in [4.78, 5) is 11.6. The van der Waals surface area contributed by atoms with Crippen molar-refractivity contribution in [2.24, 2.45) is 5.92 Å². The van der Waals surface area contributed by atoms with E-state index in [1.54, 1.807) is 13.8 Å². The lowest BCUT2D eigenvalue weighted by atomic mass is 9.96. The van der Waals surface area contributed by atoms with Gasteiger partial charge in [-0.1, -0.05) is 26.2 Å². The van der Waals surface area contributed by atoms with E-state index >= 15 is 0 Å². The summed E-state index contributed by atoms with van der Waals surface area (Å²) in [5.74, 6) is 0.324. The van der Waals surface area contributed by atoms with Crippen molar-refractivity contribution in [2.75, 3.05) is 7.11 Å². The number of methoxy groups -OCH3 is 1. The third-order valence-electron chi connectivity index (χ3n) is 3.88. The van der Waals surface area contributed by atoms with Crippen LogP contribution in [0.1, 0.15) is 65.7 Å². The van der Waals surface area contributed by atoms with Gasteiger partial charge >= 0.3 is 5.97 Å². The summed E-state index contributed by atoms with van der Waals surface area (Å²) < 4.78 is 10.4. The molecule has 0 saturated heterocycles. The van der Waals surface area contributed by atoms with E-state index in [1.165, 1.54) is 51.2 Å². The van der Waals surface area contributed by atoms with Gasteiger partial charge in [0.15, 0.2) is 5.60 Å². The number of unbranched alkanes of at least 4 members (excludes halogenated alkanes) is 2. The molecule has 1 atom stereocenters. The van der Waals surface area contributed by atoms with Crippen molar-refractivity contribution >= 4 is 5.97 Å². The van der Waals surface area contributed by atoms with Gasteiger partial charge in [-0.15, -0.1) is 0 Å². The predicted octanol–water partition coefficient (Wildman–Crippen LogP) is 4.22. The highest BCUT2D eigenvalue weighted by atomic mass is 16.6. The molecular weight excluding hydrogens is 240 g/mol. The van der Waals surface area contributed by atoms with Crippen LogP contribution in [0.4, 0.5) is 0 Å². The van der Waals surface area contributed by atoms with Crippen molar-refractivity contribution in [3.63, 3.8) is 0 Å². The third kappa shape index (κ3) is 4.88. The van der Waals surface area contributed by atoms with Crippen LogP contribution in [0, 0.1) is 5.92 Å². The number of hydrogen-bond acceptors (Lipinski definition) is 3. The second kappa shape index (κ2) is 7.56. The summed E-state index contributed by atoms with van der Waals surface area (Å²) in [5.41, 5.74) is 0.478. The Kier molecular flexibility index (Phi) is 6.40. The van der Waals surface area contributed by atoms with Gasteiger partial charge in [0.2, 0.25) is 0 Å². The van der Waals surface area contributed by atoms with Crippen LogP contribution in [0.2, 0.25) is 0 Å². The van der Waals surface area contributed by atoms with Crippen molar-refractivity contribution in [3.8, 4) is 0 Å². The van der Waals surface area contributed by atoms with E-state index in [9.17, 15) is 4.79 Å². The molecule has 3 nitrogen and oxygen atoms in total. The number of esters is 1. The SMILES string of the molecule is CCCCCC1CCCC1=COC(C)(C)C(=O)OC. The minimum atomic E-state index is -0.891. The molecular formula is C16H28O3. The van der Waals surface area contributed by atoms with Crippen LogP contribution in [0.15, 0.2) is 11.8 Å². The van der Waals surface area contributed by atoms with Crippen molar-refractivity contribution in [1.82, 2.24) is 0 Å². The Bertz CT molecular complexity index is 318. The summed E-state index contributed by atoms with van der Waals surface area (Å²) in [6.45, 7) is 5.72. The third-order valence-corrected chi connectivity index (χ3v) is 3.88. The molecule has 19 heavy (non-hydrogen) atoms. The highest BCUT2D eigenvalue weighted by Crippen LogP contribution is 2.35. The van der Waals surface area contributed by atoms with Gasteiger partial charge in [-0.3, -0.25) is 0 Å². The molecule has 1 aliphatic carbocycles. The van der Waals surface area contributed by atoms with Crippen LogP contribution in [-0.4, -0.2) is 18.7 Å². The normalized spacial score (nSPS) is 21.7. The van der Waals surface area contributed by atoms with Crippen LogP contribution in [-0.2, 0) is 14.3 Å². The minimum absolute atomic E-state index is 0.329. The summed E-state index contributed by atoms with van der Waals surface area (Å²) in [5, 5.41) is 0. The average Bonchev–Trinajstić information content (AvgIpc) is 2.83. The zero-order valence-corrected chi connectivity index (χ0v) is 12.8. The van der Waals surface area contributed by atoms with Crippen molar-refractivity contribution in [2.45, 2.75) is 71.3 Å². The van der Waals surface area contributed by atoms with E-state index in [1.807, 2.05) is 6.26 Å². The molecule has 0 aliphatic heterocycles. The molecule has 0 radical (unpaired) electrons. The van der Waals surface area contributed by atoms with Crippen molar-refractivity contribution < 1.29 is 14.3 Å². The topological polar surface area (TPSA) is 35.5 Å². The Balaban J connectivity index is 2.52. The summed E-state index contributed by atoms with van der Waals surface area (Å²) >= 11 is 0. The first kappa shape index (κ1) is 16.1. The zero-order valence-electron chi connectivity index (χ0n) is 12.8. The summed E-state index contributed by atoms with van der Waals surface area (Å²) in [6.07, 6.45) is 10.5. The van der Waals surface area contributed by atoms with Crippen LogP contribution >= 0.6 is 0 Å². The summed E-state index contributed by atoms with van der Waals surface area (Å²) in [6, 6.07) is 0. The number of carbonyl (C=O) groups is 1. The number of hydrogen-bond donors (Lipinski definition) is 0. The lowest BCUT2D eigenvalue weighted by Crippen LogP contribution is -2.34. The Hall–Kier alpha value is -0.990. The Labute approximate surface area is 117 Å². The molecule has 110 valence electrons. The second-order valence-corrected chi connectivity index (χ2v) is 5.90. The molecule has 0 amide bonds. The standard InChI is InChI=1S/C16H28O3/c1-5-6-7-9-13-10-8-11-14(13)12-19-16(2,3)15(17)18-4/h12-13H,5-11H2,1-4H3. The highest BCUT2D eigenvalue weighted by molar-refractivity contribution is 5.78. The first-order chi connectivity index (χ1) is 9.01. The van der Waals surface area contributed by atoms with Crippen molar-refractivity contribution in [3.05, 3.63) is 11.8 Å². The second-order valence-electron chi connectivity index (χ2n) is 5.90. The highest BCUT2D eigenvalue weighted by Gasteiger charge is 2.30. The van der Waals surface area contributed by atoms with Crippen LogP contribution in [0.3, 0.4) is 0 Å². The van der Waals surface area contributed by atoms with Gasteiger partial charge in [0.1, 0.15) is 0 Å². The van der Waals surface area contributed by atoms with E-state index in [-0.39, 0.29) is 5.97 Å². The molecule has 0 bridgehead atoms. The smallest absolute Gasteiger partial charge is 0.349 e. The van der Waals surface area contributed by atoms with Gasteiger partial charge in [0, 0.05) is 0 Å². The number of carbonyl (C=O) groups excluding carboxylic acids is 1. The molecule has 0 aromatic heterocycles. The molecule has 0 aromatic rings. The van der Waals surface area contributed by atoms with Gasteiger partial charge in [-0.2, -0.15) is 0 Å². The van der Waals surface area contributed by atoms with E-state index in [2.05, 4.69) is 6.92 Å². The molecule has 1 rings (SSSR count). The average molecular weight is 268 g/mol. The van der Waals surface area contributed by atoms with E-state index in [4.69, 9.17) is 9.47 Å². The first-order valence-electron chi connectivity index (χ1n) is 7.46. The lowest BCUT2D eigenvalue weighted by Gasteiger charge is -2.22. The number of ether oxygens (including phenoxy) is 2. The Morgan fingerprint density at radius 3 is 2.79 bits per heavy atom. The molecule has 0 heterocycles. The van der Waals surface area contributed by atoms with Crippen molar-refractivity contribution in [1.29, 1.82) is 0 Å². The van der Waals surface area contributed by atoms with E-state index < -0.39 is 5.60 Å². The molecule has 0 spiro atoms. The molecule has 0 aromatic carbocycles. The van der Waals surface area contributed by atoms with Crippen LogP contribution in [0.25, 0.3) is 0 Å². The van der Waals surface area contributed by atoms with Crippen LogP contribution < -0.4 is 0 Å². The molecule has 1 fully saturated rings. The van der Waals surface area contributed by atoms with Gasteiger partial charge in [-0.05, 0) is 51.0 Å². The Morgan fingerprint density at radius 1 is 1.42 bits per heavy atom. The predicted molar refractivity (Wildman–Crippen MR) is 76.7 cm³/mol. The minimum Gasteiger partial charge on any atom is -0.484 e. The van der Waals surface area contributed by atoms with Gasteiger partial charge < -0.3 is 9.47 Å². The molecule has 1 aliphatic rings. The lowest BCUT2D eigenvalue weighted by molar-refractivity contribution is -0.159. The Morgan fingerprint density at radius 2 is 2.16 bits per heavy atom. The quantitative estimate of drug-likeness (QED) is 0.394.